The first-order chi connectivity index (χ1) is 14.0. The van der Waals surface area contributed by atoms with E-state index in [2.05, 4.69) is 40.8 Å². The van der Waals surface area contributed by atoms with E-state index < -0.39 is 0 Å². The van der Waals surface area contributed by atoms with E-state index in [9.17, 15) is 4.79 Å². The van der Waals surface area contributed by atoms with Gasteiger partial charge in [-0.15, -0.1) is 0 Å². The fourth-order valence-electron chi connectivity index (χ4n) is 3.85. The van der Waals surface area contributed by atoms with Gasteiger partial charge in [0.15, 0.2) is 0 Å². The number of benzene rings is 1. The summed E-state index contributed by atoms with van der Waals surface area (Å²) in [5.41, 5.74) is 2.15. The van der Waals surface area contributed by atoms with Crippen LogP contribution in [0.15, 0.2) is 59.8 Å². The molecular formula is C22H25N5O2. The largest absolute Gasteiger partial charge is 0.375 e. The summed E-state index contributed by atoms with van der Waals surface area (Å²) in [7, 11) is 1.71. The van der Waals surface area contributed by atoms with Gasteiger partial charge in [-0.25, -0.2) is 15.0 Å². The Balaban J connectivity index is 1.76. The predicted molar refractivity (Wildman–Crippen MR) is 112 cm³/mol. The number of nitrogens with zero attached hydrogens (tertiary/aromatic N) is 5. The van der Waals surface area contributed by atoms with Crippen LogP contribution in [0.4, 0.5) is 5.95 Å². The van der Waals surface area contributed by atoms with Crippen LogP contribution in [0.2, 0.25) is 0 Å². The molecule has 0 N–H and O–H groups in total. The summed E-state index contributed by atoms with van der Waals surface area (Å²) in [5, 5.41) is 0. The zero-order valence-corrected chi connectivity index (χ0v) is 16.9. The molecule has 0 radical (unpaired) electrons. The summed E-state index contributed by atoms with van der Waals surface area (Å²) in [6.45, 7) is 6.33. The van der Waals surface area contributed by atoms with Crippen LogP contribution in [-0.2, 0) is 11.3 Å². The number of aromatic nitrogens is 4. The minimum absolute atomic E-state index is 0.0656. The molecule has 29 heavy (non-hydrogen) atoms. The van der Waals surface area contributed by atoms with Crippen LogP contribution in [0, 0.1) is 5.41 Å². The lowest BCUT2D eigenvalue weighted by atomic mass is 9.90. The Kier molecular flexibility index (Phi) is 5.15. The van der Waals surface area contributed by atoms with Gasteiger partial charge in [0.05, 0.1) is 24.0 Å². The quantitative estimate of drug-likeness (QED) is 0.666. The van der Waals surface area contributed by atoms with Crippen LogP contribution in [0.25, 0.3) is 11.4 Å². The molecule has 3 heterocycles. The highest BCUT2D eigenvalue weighted by Gasteiger charge is 2.33. The molecule has 0 fully saturated rings. The Hall–Kier alpha value is -3.06. The number of ether oxygens (including phenoxy) is 1. The van der Waals surface area contributed by atoms with Gasteiger partial charge in [-0.05, 0) is 11.6 Å². The van der Waals surface area contributed by atoms with Crippen molar-refractivity contribution < 1.29 is 4.74 Å². The number of hydrogen-bond acceptors (Lipinski definition) is 6. The third kappa shape index (κ3) is 4.05. The van der Waals surface area contributed by atoms with Crippen LogP contribution in [0.1, 0.15) is 25.5 Å². The van der Waals surface area contributed by atoms with Crippen molar-refractivity contribution in [3.63, 3.8) is 0 Å². The molecule has 0 aliphatic carbocycles. The molecule has 1 aromatic carbocycles. The van der Waals surface area contributed by atoms with Crippen molar-refractivity contribution >= 4 is 5.95 Å². The molecule has 0 bridgehead atoms. The van der Waals surface area contributed by atoms with E-state index in [1.807, 2.05) is 18.2 Å². The lowest BCUT2D eigenvalue weighted by Gasteiger charge is -2.41. The number of rotatable bonds is 5. The molecule has 2 aromatic heterocycles. The molecule has 150 valence electrons. The zero-order valence-electron chi connectivity index (χ0n) is 16.9. The van der Waals surface area contributed by atoms with Crippen LogP contribution >= 0.6 is 0 Å². The lowest BCUT2D eigenvalue weighted by Crippen LogP contribution is -2.48. The maximum Gasteiger partial charge on any atom is 0.255 e. The Morgan fingerprint density at radius 2 is 1.93 bits per heavy atom. The molecule has 0 unspecified atom stereocenters. The smallest absolute Gasteiger partial charge is 0.255 e. The molecule has 1 aliphatic rings. The Bertz CT molecular complexity index is 1030. The third-order valence-corrected chi connectivity index (χ3v) is 5.16. The van der Waals surface area contributed by atoms with Gasteiger partial charge in [-0.3, -0.25) is 9.36 Å². The highest BCUT2D eigenvalue weighted by atomic mass is 16.5. The van der Waals surface area contributed by atoms with E-state index in [4.69, 9.17) is 9.72 Å². The van der Waals surface area contributed by atoms with E-state index in [-0.39, 0.29) is 17.1 Å². The lowest BCUT2D eigenvalue weighted by molar-refractivity contribution is 0.103. The zero-order chi connectivity index (χ0) is 20.4. The molecule has 7 heteroatoms. The van der Waals surface area contributed by atoms with Gasteiger partial charge in [-0.2, -0.15) is 0 Å². The van der Waals surface area contributed by atoms with E-state index in [0.29, 0.717) is 30.4 Å². The summed E-state index contributed by atoms with van der Waals surface area (Å²) in [4.78, 5) is 28.1. The van der Waals surface area contributed by atoms with E-state index in [1.165, 1.54) is 6.33 Å². The topological polar surface area (TPSA) is 73.1 Å². The molecule has 0 spiro atoms. The highest BCUT2D eigenvalue weighted by molar-refractivity contribution is 5.55. The van der Waals surface area contributed by atoms with Gasteiger partial charge in [0.25, 0.3) is 5.56 Å². The van der Waals surface area contributed by atoms with Crippen molar-refractivity contribution in [1.29, 1.82) is 0 Å². The van der Waals surface area contributed by atoms with Crippen molar-refractivity contribution in [2.75, 3.05) is 25.1 Å². The summed E-state index contributed by atoms with van der Waals surface area (Å²) < 4.78 is 7.55. The highest BCUT2D eigenvalue weighted by Crippen LogP contribution is 2.32. The van der Waals surface area contributed by atoms with E-state index >= 15 is 0 Å². The SMILES string of the molecule is CO[C@H](CN1CC(C)(C)Cn2c1nc(-c1ccncn1)cc2=O)c1ccccc1. The monoisotopic (exact) mass is 391 g/mol. The first-order valence-electron chi connectivity index (χ1n) is 9.68. The average Bonchev–Trinajstić information content (AvgIpc) is 2.73. The van der Waals surface area contributed by atoms with Gasteiger partial charge in [0.1, 0.15) is 6.33 Å². The number of fused-ring (bicyclic) bond motifs is 1. The first-order valence-corrected chi connectivity index (χ1v) is 9.68. The van der Waals surface area contributed by atoms with Gasteiger partial charge >= 0.3 is 0 Å². The summed E-state index contributed by atoms with van der Waals surface area (Å²) in [6.07, 6.45) is 2.99. The van der Waals surface area contributed by atoms with Gasteiger partial charge in [0, 0.05) is 37.9 Å². The molecule has 7 nitrogen and oxygen atoms in total. The second-order valence-corrected chi connectivity index (χ2v) is 8.14. The third-order valence-electron chi connectivity index (χ3n) is 5.16. The van der Waals surface area contributed by atoms with Gasteiger partial charge < -0.3 is 9.64 Å². The van der Waals surface area contributed by atoms with Crippen LogP contribution in [-0.4, -0.2) is 39.7 Å². The van der Waals surface area contributed by atoms with Crippen molar-refractivity contribution in [2.45, 2.75) is 26.5 Å². The molecule has 1 aliphatic heterocycles. The molecule has 3 aromatic rings. The molecule has 0 saturated heterocycles. The number of anilines is 1. The second kappa shape index (κ2) is 7.75. The second-order valence-electron chi connectivity index (χ2n) is 8.14. The molecule has 0 amide bonds. The van der Waals surface area contributed by atoms with Crippen LogP contribution < -0.4 is 10.5 Å². The maximum atomic E-state index is 12.9. The van der Waals surface area contributed by atoms with Crippen molar-refractivity contribution in [2.24, 2.45) is 5.41 Å². The standard InChI is InChI=1S/C22H25N5O2/c1-22(2)13-26(12-19(29-3)16-7-5-4-6-8-16)21-25-18(11-20(28)27(21)14-22)17-9-10-23-15-24-17/h4-11,15,19H,12-14H2,1-3H3/t19-/m1/s1. The summed E-state index contributed by atoms with van der Waals surface area (Å²) in [6, 6.07) is 13.4. The summed E-state index contributed by atoms with van der Waals surface area (Å²) >= 11 is 0. The van der Waals surface area contributed by atoms with Gasteiger partial charge in [-0.1, -0.05) is 44.2 Å². The fraction of sp³-hybridized carbons (Fsp3) is 0.364. The minimum atomic E-state index is -0.127. The molecular weight excluding hydrogens is 366 g/mol. The van der Waals surface area contributed by atoms with E-state index in [1.54, 1.807) is 30.0 Å². The van der Waals surface area contributed by atoms with E-state index in [0.717, 1.165) is 12.1 Å². The predicted octanol–water partition coefficient (Wildman–Crippen LogP) is 2.93. The Morgan fingerprint density at radius 3 is 2.62 bits per heavy atom. The molecule has 1 atom stereocenters. The number of hydrogen-bond donors (Lipinski definition) is 0. The van der Waals surface area contributed by atoms with Gasteiger partial charge in [0.2, 0.25) is 5.95 Å². The Morgan fingerprint density at radius 1 is 1.14 bits per heavy atom. The summed E-state index contributed by atoms with van der Waals surface area (Å²) in [5.74, 6) is 0.656. The first kappa shape index (κ1) is 19.3. The van der Waals surface area contributed by atoms with Crippen molar-refractivity contribution in [3.8, 4) is 11.4 Å². The maximum absolute atomic E-state index is 12.9. The normalized spacial score (nSPS) is 16.3. The molecule has 0 saturated carbocycles. The molecule has 4 rings (SSSR count). The average molecular weight is 391 g/mol. The van der Waals surface area contributed by atoms with Crippen LogP contribution in [0.5, 0.6) is 0 Å². The Labute approximate surface area is 170 Å². The van der Waals surface area contributed by atoms with Crippen LogP contribution in [0.3, 0.4) is 0 Å². The van der Waals surface area contributed by atoms with Crippen molar-refractivity contribution in [1.82, 2.24) is 19.5 Å². The number of methoxy groups -OCH3 is 1. The fourth-order valence-corrected chi connectivity index (χ4v) is 3.85. The van der Waals surface area contributed by atoms with Crippen molar-refractivity contribution in [3.05, 3.63) is 70.9 Å². The minimum Gasteiger partial charge on any atom is -0.375 e.